The molecule has 0 bridgehead atoms. The fourth-order valence-corrected chi connectivity index (χ4v) is 2.64. The Morgan fingerprint density at radius 3 is 2.62 bits per heavy atom. The van der Waals surface area contributed by atoms with E-state index in [4.69, 9.17) is 27.9 Å². The molecule has 0 radical (unpaired) electrons. The van der Waals surface area contributed by atoms with Crippen molar-refractivity contribution in [2.45, 2.75) is 13.0 Å². The molecule has 2 nitrogen and oxygen atoms in total. The molecule has 1 unspecified atom stereocenters. The van der Waals surface area contributed by atoms with Crippen molar-refractivity contribution in [2.75, 3.05) is 13.7 Å². The van der Waals surface area contributed by atoms with E-state index in [9.17, 15) is 4.39 Å². The molecule has 5 heteroatoms. The Bertz CT molecular complexity index is 634. The standard InChI is InChI=1S/C16H16Cl2FNO/c1-3-20-16(12-9-10(17)7-8-13(12)18)11-5-4-6-14(21-2)15(11)19/h4-9,16,20H,3H2,1-2H3. The van der Waals surface area contributed by atoms with Gasteiger partial charge < -0.3 is 10.1 Å². The average Bonchev–Trinajstić information content (AvgIpc) is 2.48. The predicted molar refractivity (Wildman–Crippen MR) is 84.9 cm³/mol. The number of hydrogen-bond acceptors (Lipinski definition) is 2. The number of nitrogens with one attached hydrogen (secondary N) is 1. The first-order valence-corrected chi connectivity index (χ1v) is 7.34. The van der Waals surface area contributed by atoms with Crippen LogP contribution < -0.4 is 10.1 Å². The van der Waals surface area contributed by atoms with Gasteiger partial charge in [0.1, 0.15) is 0 Å². The highest BCUT2D eigenvalue weighted by Crippen LogP contribution is 2.34. The van der Waals surface area contributed by atoms with Gasteiger partial charge in [-0.2, -0.15) is 0 Å². The van der Waals surface area contributed by atoms with Crippen LogP contribution in [0.3, 0.4) is 0 Å². The zero-order valence-electron chi connectivity index (χ0n) is 11.8. The van der Waals surface area contributed by atoms with Crippen LogP contribution in [0.4, 0.5) is 4.39 Å². The molecule has 0 spiro atoms. The van der Waals surface area contributed by atoms with Crippen LogP contribution in [0.25, 0.3) is 0 Å². The van der Waals surface area contributed by atoms with E-state index in [0.29, 0.717) is 22.2 Å². The molecule has 0 saturated carbocycles. The van der Waals surface area contributed by atoms with E-state index in [0.717, 1.165) is 5.56 Å². The van der Waals surface area contributed by atoms with Crippen molar-refractivity contribution in [3.8, 4) is 5.75 Å². The summed E-state index contributed by atoms with van der Waals surface area (Å²) in [6, 6.07) is 9.82. The van der Waals surface area contributed by atoms with E-state index in [1.807, 2.05) is 6.92 Å². The minimum absolute atomic E-state index is 0.202. The van der Waals surface area contributed by atoms with Gasteiger partial charge in [-0.1, -0.05) is 42.3 Å². The molecule has 1 N–H and O–H groups in total. The highest BCUT2D eigenvalue weighted by molar-refractivity contribution is 6.33. The van der Waals surface area contributed by atoms with Crippen LogP contribution in [0.5, 0.6) is 5.75 Å². The predicted octanol–water partition coefficient (Wildman–Crippen LogP) is 4.84. The van der Waals surface area contributed by atoms with E-state index in [1.165, 1.54) is 7.11 Å². The van der Waals surface area contributed by atoms with Crippen molar-refractivity contribution in [3.63, 3.8) is 0 Å². The maximum absolute atomic E-state index is 14.5. The number of ether oxygens (including phenoxy) is 1. The van der Waals surface area contributed by atoms with Crippen molar-refractivity contribution in [2.24, 2.45) is 0 Å². The Morgan fingerprint density at radius 2 is 1.95 bits per heavy atom. The summed E-state index contributed by atoms with van der Waals surface area (Å²) in [5.74, 6) is -0.199. The molecule has 0 aliphatic heterocycles. The molecule has 1 atom stereocenters. The average molecular weight is 328 g/mol. The van der Waals surface area contributed by atoms with Crippen LogP contribution in [-0.4, -0.2) is 13.7 Å². The van der Waals surface area contributed by atoms with Gasteiger partial charge in [-0.25, -0.2) is 4.39 Å². The van der Waals surface area contributed by atoms with Gasteiger partial charge >= 0.3 is 0 Å². The van der Waals surface area contributed by atoms with Gasteiger partial charge in [0.2, 0.25) is 0 Å². The van der Waals surface area contributed by atoms with E-state index in [1.54, 1.807) is 36.4 Å². The largest absolute Gasteiger partial charge is 0.494 e. The van der Waals surface area contributed by atoms with Crippen molar-refractivity contribution in [1.29, 1.82) is 0 Å². The molecule has 0 saturated heterocycles. The lowest BCUT2D eigenvalue weighted by Crippen LogP contribution is -2.23. The topological polar surface area (TPSA) is 21.3 Å². The van der Waals surface area contributed by atoms with Crippen LogP contribution >= 0.6 is 23.2 Å². The summed E-state index contributed by atoms with van der Waals surface area (Å²) >= 11 is 12.3. The number of halogens is 3. The van der Waals surface area contributed by atoms with Gasteiger partial charge in [0.15, 0.2) is 11.6 Å². The summed E-state index contributed by atoms with van der Waals surface area (Å²) in [5, 5.41) is 4.33. The zero-order valence-corrected chi connectivity index (χ0v) is 13.3. The number of rotatable bonds is 5. The Hall–Kier alpha value is -1.29. The molecule has 112 valence electrons. The SMILES string of the molecule is CCNC(c1cc(Cl)ccc1Cl)c1cccc(OC)c1F. The summed E-state index contributed by atoms with van der Waals surface area (Å²) < 4.78 is 19.6. The quantitative estimate of drug-likeness (QED) is 0.848. The van der Waals surface area contributed by atoms with Gasteiger partial charge in [0.25, 0.3) is 0 Å². The molecule has 2 rings (SSSR count). The smallest absolute Gasteiger partial charge is 0.170 e. The van der Waals surface area contributed by atoms with Gasteiger partial charge in [0.05, 0.1) is 13.2 Å². The summed E-state index contributed by atoms with van der Waals surface area (Å²) in [4.78, 5) is 0. The van der Waals surface area contributed by atoms with Crippen LogP contribution in [-0.2, 0) is 0 Å². The Morgan fingerprint density at radius 1 is 1.19 bits per heavy atom. The van der Waals surface area contributed by atoms with Gasteiger partial charge in [0, 0.05) is 15.6 Å². The van der Waals surface area contributed by atoms with Crippen molar-refractivity contribution < 1.29 is 9.13 Å². The van der Waals surface area contributed by atoms with E-state index in [2.05, 4.69) is 5.32 Å². The molecule has 2 aromatic carbocycles. The van der Waals surface area contributed by atoms with Crippen LogP contribution in [0, 0.1) is 5.82 Å². The van der Waals surface area contributed by atoms with E-state index < -0.39 is 11.9 Å². The van der Waals surface area contributed by atoms with Gasteiger partial charge in [-0.15, -0.1) is 0 Å². The van der Waals surface area contributed by atoms with E-state index >= 15 is 0 Å². The van der Waals surface area contributed by atoms with Gasteiger partial charge in [-0.3, -0.25) is 0 Å². The molecule has 0 heterocycles. The lowest BCUT2D eigenvalue weighted by Gasteiger charge is -2.21. The molecule has 0 amide bonds. The van der Waals surface area contributed by atoms with Crippen molar-refractivity contribution in [3.05, 3.63) is 63.4 Å². The molecular formula is C16H16Cl2FNO. The molecule has 21 heavy (non-hydrogen) atoms. The second kappa shape index (κ2) is 7.12. The Labute approximate surface area is 133 Å². The first-order valence-electron chi connectivity index (χ1n) is 6.59. The fraction of sp³-hybridized carbons (Fsp3) is 0.250. The normalized spacial score (nSPS) is 12.2. The monoisotopic (exact) mass is 327 g/mol. The molecule has 2 aromatic rings. The lowest BCUT2D eigenvalue weighted by atomic mass is 9.97. The highest BCUT2D eigenvalue weighted by Gasteiger charge is 2.21. The summed E-state index contributed by atoms with van der Waals surface area (Å²) in [5.41, 5.74) is 1.21. The third kappa shape index (κ3) is 3.49. The molecule has 0 fully saturated rings. The third-order valence-corrected chi connectivity index (χ3v) is 3.78. The van der Waals surface area contributed by atoms with Crippen LogP contribution in [0.15, 0.2) is 36.4 Å². The van der Waals surface area contributed by atoms with Crippen molar-refractivity contribution in [1.82, 2.24) is 5.32 Å². The maximum Gasteiger partial charge on any atom is 0.170 e. The Kier molecular flexibility index (Phi) is 5.45. The minimum Gasteiger partial charge on any atom is -0.494 e. The summed E-state index contributed by atoms with van der Waals surface area (Å²) in [6.07, 6.45) is 0. The molecule has 0 aliphatic carbocycles. The first kappa shape index (κ1) is 16.1. The van der Waals surface area contributed by atoms with E-state index in [-0.39, 0.29) is 5.75 Å². The summed E-state index contributed by atoms with van der Waals surface area (Å²) in [7, 11) is 1.44. The number of hydrogen-bond donors (Lipinski definition) is 1. The second-order valence-corrected chi connectivity index (χ2v) is 5.36. The molecule has 0 aromatic heterocycles. The van der Waals surface area contributed by atoms with Crippen LogP contribution in [0.2, 0.25) is 10.0 Å². The maximum atomic E-state index is 14.5. The first-order chi connectivity index (χ1) is 10.1. The molecular weight excluding hydrogens is 312 g/mol. The lowest BCUT2D eigenvalue weighted by molar-refractivity contribution is 0.382. The molecule has 0 aliphatic rings. The van der Waals surface area contributed by atoms with Crippen molar-refractivity contribution >= 4 is 23.2 Å². The Balaban J connectivity index is 2.56. The fourth-order valence-electron chi connectivity index (χ4n) is 2.24. The second-order valence-electron chi connectivity index (χ2n) is 4.52. The van der Waals surface area contributed by atoms with Crippen LogP contribution in [0.1, 0.15) is 24.1 Å². The third-order valence-electron chi connectivity index (χ3n) is 3.20. The number of methoxy groups -OCH3 is 1. The highest BCUT2D eigenvalue weighted by atomic mass is 35.5. The minimum atomic E-state index is -0.401. The van der Waals surface area contributed by atoms with Gasteiger partial charge in [-0.05, 0) is 36.4 Å². The number of benzene rings is 2. The summed E-state index contributed by atoms with van der Waals surface area (Å²) in [6.45, 7) is 2.60. The zero-order chi connectivity index (χ0) is 15.4.